The number of halogens is 2. The number of hydrogen-bond donors (Lipinski definition) is 1. The molecule has 1 saturated heterocycles. The first kappa shape index (κ1) is 18.4. The van der Waals surface area contributed by atoms with E-state index in [2.05, 4.69) is 21.2 Å². The molecule has 3 amide bonds. The van der Waals surface area contributed by atoms with E-state index in [1.165, 1.54) is 11.0 Å². The molecule has 0 saturated carbocycles. The molecular weight excluding hydrogens is 401 g/mol. The lowest BCUT2D eigenvalue weighted by Gasteiger charge is -2.18. The highest BCUT2D eigenvalue weighted by Crippen LogP contribution is 2.16. The summed E-state index contributed by atoms with van der Waals surface area (Å²) in [6.45, 7) is 1.53. The molecule has 1 aliphatic rings. The van der Waals surface area contributed by atoms with Crippen molar-refractivity contribution in [2.45, 2.75) is 13.1 Å². The largest absolute Gasteiger partial charge is 0.350 e. The van der Waals surface area contributed by atoms with E-state index in [-0.39, 0.29) is 30.8 Å². The van der Waals surface area contributed by atoms with Gasteiger partial charge in [0, 0.05) is 29.7 Å². The van der Waals surface area contributed by atoms with Crippen molar-refractivity contribution in [1.29, 1.82) is 0 Å². The molecule has 136 valence electrons. The zero-order chi connectivity index (χ0) is 18.5. The molecule has 2 aromatic carbocycles. The first-order valence-electron chi connectivity index (χ1n) is 8.32. The predicted molar refractivity (Wildman–Crippen MR) is 99.8 cm³/mol. The Morgan fingerprint density at radius 1 is 1.04 bits per heavy atom. The van der Waals surface area contributed by atoms with Gasteiger partial charge in [-0.3, -0.25) is 4.79 Å². The minimum atomic E-state index is -0.329. The molecule has 0 bridgehead atoms. The molecule has 0 unspecified atom stereocenters. The van der Waals surface area contributed by atoms with E-state index in [4.69, 9.17) is 0 Å². The van der Waals surface area contributed by atoms with Crippen LogP contribution in [0.3, 0.4) is 0 Å². The number of amides is 3. The summed E-state index contributed by atoms with van der Waals surface area (Å²) in [5.41, 5.74) is 1.44. The first-order valence-corrected chi connectivity index (χ1v) is 9.11. The average Bonchev–Trinajstić information content (AvgIpc) is 2.96. The minimum absolute atomic E-state index is 0.00292. The molecule has 0 atom stereocenters. The van der Waals surface area contributed by atoms with Crippen LogP contribution >= 0.6 is 15.9 Å². The third-order valence-electron chi connectivity index (χ3n) is 4.27. The van der Waals surface area contributed by atoms with Crippen molar-refractivity contribution in [3.05, 3.63) is 69.9 Å². The second-order valence-corrected chi connectivity index (χ2v) is 6.94. The van der Waals surface area contributed by atoms with E-state index < -0.39 is 0 Å². The maximum atomic E-state index is 13.8. The highest BCUT2D eigenvalue weighted by Gasteiger charge is 2.30. The van der Waals surface area contributed by atoms with E-state index in [9.17, 15) is 14.0 Å². The molecule has 5 nitrogen and oxygen atoms in total. The normalized spacial score (nSPS) is 14.0. The number of nitrogens with one attached hydrogen (secondary N) is 1. The van der Waals surface area contributed by atoms with Crippen LogP contribution in [0.1, 0.15) is 11.1 Å². The molecule has 1 heterocycles. The van der Waals surface area contributed by atoms with Gasteiger partial charge in [0.05, 0.1) is 6.54 Å². The van der Waals surface area contributed by atoms with Crippen LogP contribution in [0.4, 0.5) is 9.18 Å². The summed E-state index contributed by atoms with van der Waals surface area (Å²) in [5.74, 6) is -0.549. The molecule has 0 aromatic heterocycles. The number of carbonyl (C=O) groups is 2. The Labute approximate surface area is 159 Å². The summed E-state index contributed by atoms with van der Waals surface area (Å²) in [6, 6.07) is 13.8. The number of nitrogens with zero attached hydrogens (tertiary/aromatic N) is 2. The molecule has 0 spiro atoms. The van der Waals surface area contributed by atoms with Gasteiger partial charge in [-0.15, -0.1) is 0 Å². The van der Waals surface area contributed by atoms with E-state index in [1.54, 1.807) is 23.1 Å². The standard InChI is InChI=1S/C19H19BrFN3O2/c20-16-7-3-1-5-14(16)11-22-18(25)13-24-10-9-23(19(24)26)12-15-6-2-4-8-17(15)21/h1-8H,9-13H2,(H,22,25). The third-order valence-corrected chi connectivity index (χ3v) is 5.04. The lowest BCUT2D eigenvalue weighted by atomic mass is 10.2. The smallest absolute Gasteiger partial charge is 0.320 e. The quantitative estimate of drug-likeness (QED) is 0.781. The molecule has 0 aliphatic carbocycles. The van der Waals surface area contributed by atoms with Gasteiger partial charge < -0.3 is 15.1 Å². The van der Waals surface area contributed by atoms with Crippen LogP contribution in [0.2, 0.25) is 0 Å². The van der Waals surface area contributed by atoms with Crippen LogP contribution in [0.25, 0.3) is 0 Å². The van der Waals surface area contributed by atoms with Gasteiger partial charge in [-0.05, 0) is 17.7 Å². The summed E-state index contributed by atoms with van der Waals surface area (Å²) >= 11 is 3.44. The van der Waals surface area contributed by atoms with Crippen molar-refractivity contribution in [2.75, 3.05) is 19.6 Å². The summed E-state index contributed by atoms with van der Waals surface area (Å²) in [7, 11) is 0. The number of carbonyl (C=O) groups excluding carboxylic acids is 2. The average molecular weight is 420 g/mol. The van der Waals surface area contributed by atoms with Crippen molar-refractivity contribution in [3.63, 3.8) is 0 Å². The molecule has 2 aromatic rings. The van der Waals surface area contributed by atoms with Gasteiger partial charge >= 0.3 is 6.03 Å². The van der Waals surface area contributed by atoms with Crippen molar-refractivity contribution >= 4 is 27.9 Å². The van der Waals surface area contributed by atoms with Crippen LogP contribution in [0, 0.1) is 5.82 Å². The molecule has 26 heavy (non-hydrogen) atoms. The fourth-order valence-corrected chi connectivity index (χ4v) is 3.25. The van der Waals surface area contributed by atoms with Crippen LogP contribution < -0.4 is 5.32 Å². The zero-order valence-corrected chi connectivity index (χ0v) is 15.7. The number of hydrogen-bond acceptors (Lipinski definition) is 2. The Morgan fingerprint density at radius 3 is 2.42 bits per heavy atom. The molecule has 1 aliphatic heterocycles. The Morgan fingerprint density at radius 2 is 1.69 bits per heavy atom. The predicted octanol–water partition coefficient (Wildman–Crippen LogP) is 3.14. The summed E-state index contributed by atoms with van der Waals surface area (Å²) < 4.78 is 14.7. The van der Waals surface area contributed by atoms with Crippen LogP contribution in [0.15, 0.2) is 53.0 Å². The zero-order valence-electron chi connectivity index (χ0n) is 14.1. The Balaban J connectivity index is 1.51. The summed E-state index contributed by atoms with van der Waals surface area (Å²) in [5, 5.41) is 2.82. The Kier molecular flexibility index (Phi) is 5.88. The second kappa shape index (κ2) is 8.31. The fraction of sp³-hybridized carbons (Fsp3) is 0.263. The summed E-state index contributed by atoms with van der Waals surface area (Å²) in [4.78, 5) is 27.6. The Bertz CT molecular complexity index is 815. The van der Waals surface area contributed by atoms with E-state index in [0.29, 0.717) is 25.2 Å². The van der Waals surface area contributed by atoms with Crippen molar-refractivity contribution in [1.82, 2.24) is 15.1 Å². The highest BCUT2D eigenvalue weighted by molar-refractivity contribution is 9.10. The second-order valence-electron chi connectivity index (χ2n) is 6.09. The van der Waals surface area contributed by atoms with Gasteiger partial charge in [0.2, 0.25) is 5.91 Å². The molecule has 3 rings (SSSR count). The van der Waals surface area contributed by atoms with Gasteiger partial charge in [-0.2, -0.15) is 0 Å². The minimum Gasteiger partial charge on any atom is -0.350 e. The van der Waals surface area contributed by atoms with Gasteiger partial charge in [0.15, 0.2) is 0 Å². The molecular formula is C19H19BrFN3O2. The van der Waals surface area contributed by atoms with Gasteiger partial charge in [0.25, 0.3) is 0 Å². The van der Waals surface area contributed by atoms with Crippen LogP contribution in [0.5, 0.6) is 0 Å². The van der Waals surface area contributed by atoms with E-state index >= 15 is 0 Å². The van der Waals surface area contributed by atoms with Crippen LogP contribution in [-0.4, -0.2) is 41.4 Å². The van der Waals surface area contributed by atoms with Crippen molar-refractivity contribution in [3.8, 4) is 0 Å². The molecule has 0 radical (unpaired) electrons. The van der Waals surface area contributed by atoms with E-state index in [1.807, 2.05) is 24.3 Å². The maximum Gasteiger partial charge on any atom is 0.320 e. The Hall–Kier alpha value is -2.41. The lowest BCUT2D eigenvalue weighted by Crippen LogP contribution is -2.39. The van der Waals surface area contributed by atoms with E-state index in [0.717, 1.165) is 10.0 Å². The topological polar surface area (TPSA) is 52.7 Å². The maximum absolute atomic E-state index is 13.8. The highest BCUT2D eigenvalue weighted by atomic mass is 79.9. The van der Waals surface area contributed by atoms with Gasteiger partial charge in [-0.1, -0.05) is 52.3 Å². The first-order chi connectivity index (χ1) is 12.5. The monoisotopic (exact) mass is 419 g/mol. The summed E-state index contributed by atoms with van der Waals surface area (Å²) in [6.07, 6.45) is 0. The molecule has 7 heteroatoms. The van der Waals surface area contributed by atoms with Gasteiger partial charge in [-0.25, -0.2) is 9.18 Å². The van der Waals surface area contributed by atoms with Crippen molar-refractivity contribution < 1.29 is 14.0 Å². The van der Waals surface area contributed by atoms with Gasteiger partial charge in [0.1, 0.15) is 12.4 Å². The number of benzene rings is 2. The SMILES string of the molecule is O=C(CN1CCN(Cc2ccccc2F)C1=O)NCc1ccccc1Br. The number of rotatable bonds is 6. The van der Waals surface area contributed by atoms with Crippen molar-refractivity contribution in [2.24, 2.45) is 0 Å². The third kappa shape index (κ3) is 4.40. The molecule has 1 N–H and O–H groups in total. The number of urea groups is 1. The molecule has 1 fully saturated rings. The lowest BCUT2D eigenvalue weighted by molar-refractivity contribution is -0.121. The van der Waals surface area contributed by atoms with Crippen LogP contribution in [-0.2, 0) is 17.9 Å². The fourth-order valence-electron chi connectivity index (χ4n) is 2.82.